The molecule has 1 heterocycles. The zero-order valence-corrected chi connectivity index (χ0v) is 14.6. The molecule has 0 aliphatic carbocycles. The topological polar surface area (TPSA) is 82.6 Å². The fourth-order valence-corrected chi connectivity index (χ4v) is 3.56. The van der Waals surface area contributed by atoms with Gasteiger partial charge in [-0.15, -0.1) is 11.3 Å². The fraction of sp³-hybridized carbons (Fsp3) is 0.615. The molecule has 0 bridgehead atoms. The van der Waals surface area contributed by atoms with Gasteiger partial charge in [-0.2, -0.15) is 0 Å². The summed E-state index contributed by atoms with van der Waals surface area (Å²) < 4.78 is 26.7. The molecular formula is C13H24N4O2S2. The molecule has 1 aromatic heterocycles. The van der Waals surface area contributed by atoms with Crippen LogP contribution in [0.25, 0.3) is 0 Å². The molecule has 0 aliphatic rings. The predicted molar refractivity (Wildman–Crippen MR) is 88.4 cm³/mol. The summed E-state index contributed by atoms with van der Waals surface area (Å²) in [5.74, 6) is 0.681. The van der Waals surface area contributed by atoms with Gasteiger partial charge in [-0.1, -0.05) is 6.07 Å². The van der Waals surface area contributed by atoms with Crippen LogP contribution < -0.4 is 15.4 Å². The van der Waals surface area contributed by atoms with Crippen LogP contribution in [0, 0.1) is 0 Å². The van der Waals surface area contributed by atoms with Crippen LogP contribution in [-0.4, -0.2) is 39.6 Å². The molecular weight excluding hydrogens is 308 g/mol. The minimum atomic E-state index is -3.40. The molecule has 1 rings (SSSR count). The first-order valence-electron chi connectivity index (χ1n) is 6.84. The van der Waals surface area contributed by atoms with Crippen molar-refractivity contribution >= 4 is 27.3 Å². The van der Waals surface area contributed by atoms with Gasteiger partial charge in [-0.3, -0.25) is 4.99 Å². The van der Waals surface area contributed by atoms with Gasteiger partial charge in [0.1, 0.15) is 4.21 Å². The SMILES string of the molecule is CCNC(=NCCNS(=O)(=O)c1cccs1)NC(C)(C)C. The van der Waals surface area contributed by atoms with Crippen molar-refractivity contribution in [1.29, 1.82) is 0 Å². The number of sulfonamides is 1. The largest absolute Gasteiger partial charge is 0.357 e. The molecule has 120 valence electrons. The maximum atomic E-state index is 11.9. The minimum Gasteiger partial charge on any atom is -0.357 e. The highest BCUT2D eigenvalue weighted by Gasteiger charge is 2.14. The molecule has 1 aromatic rings. The Morgan fingerprint density at radius 1 is 1.38 bits per heavy atom. The lowest BCUT2D eigenvalue weighted by molar-refractivity contribution is 0.501. The molecule has 0 unspecified atom stereocenters. The first kappa shape index (κ1) is 17.9. The van der Waals surface area contributed by atoms with E-state index >= 15 is 0 Å². The number of thiophene rings is 1. The Balaban J connectivity index is 2.51. The van der Waals surface area contributed by atoms with Crippen LogP contribution in [0.4, 0.5) is 0 Å². The summed E-state index contributed by atoms with van der Waals surface area (Å²) in [4.78, 5) is 4.35. The van der Waals surface area contributed by atoms with Crippen molar-refractivity contribution in [2.24, 2.45) is 4.99 Å². The third-order valence-electron chi connectivity index (χ3n) is 2.27. The van der Waals surface area contributed by atoms with Gasteiger partial charge in [0, 0.05) is 18.6 Å². The van der Waals surface area contributed by atoms with Gasteiger partial charge in [0.2, 0.25) is 10.0 Å². The smallest absolute Gasteiger partial charge is 0.250 e. The Bertz CT molecular complexity index is 545. The van der Waals surface area contributed by atoms with Crippen molar-refractivity contribution in [3.63, 3.8) is 0 Å². The van der Waals surface area contributed by atoms with Crippen molar-refractivity contribution in [3.05, 3.63) is 17.5 Å². The Morgan fingerprint density at radius 2 is 2.10 bits per heavy atom. The van der Waals surface area contributed by atoms with Crippen LogP contribution in [0.2, 0.25) is 0 Å². The van der Waals surface area contributed by atoms with E-state index in [1.54, 1.807) is 17.5 Å². The van der Waals surface area contributed by atoms with E-state index in [1.165, 1.54) is 11.3 Å². The summed E-state index contributed by atoms with van der Waals surface area (Å²) in [5, 5.41) is 8.11. The van der Waals surface area contributed by atoms with E-state index in [0.29, 0.717) is 16.7 Å². The molecule has 0 amide bonds. The van der Waals surface area contributed by atoms with Crippen LogP contribution >= 0.6 is 11.3 Å². The molecule has 6 nitrogen and oxygen atoms in total. The molecule has 0 aromatic carbocycles. The van der Waals surface area contributed by atoms with Gasteiger partial charge in [-0.25, -0.2) is 13.1 Å². The number of nitrogens with zero attached hydrogens (tertiary/aromatic N) is 1. The third kappa shape index (κ3) is 6.92. The van der Waals surface area contributed by atoms with Crippen molar-refractivity contribution in [2.75, 3.05) is 19.6 Å². The van der Waals surface area contributed by atoms with E-state index in [9.17, 15) is 8.42 Å². The molecule has 0 saturated heterocycles. The molecule has 8 heteroatoms. The average molecular weight is 332 g/mol. The van der Waals surface area contributed by atoms with E-state index < -0.39 is 10.0 Å². The summed E-state index contributed by atoms with van der Waals surface area (Å²) >= 11 is 1.20. The first-order valence-corrected chi connectivity index (χ1v) is 9.20. The van der Waals surface area contributed by atoms with Gasteiger partial charge in [0.15, 0.2) is 5.96 Å². The minimum absolute atomic E-state index is 0.0997. The lowest BCUT2D eigenvalue weighted by Gasteiger charge is -2.23. The van der Waals surface area contributed by atoms with Crippen LogP contribution in [0.5, 0.6) is 0 Å². The summed E-state index contributed by atoms with van der Waals surface area (Å²) in [5.41, 5.74) is -0.0997. The summed E-state index contributed by atoms with van der Waals surface area (Å²) in [6.45, 7) is 9.50. The highest BCUT2D eigenvalue weighted by Crippen LogP contribution is 2.14. The number of nitrogens with one attached hydrogen (secondary N) is 3. The quantitative estimate of drug-likeness (QED) is 0.417. The van der Waals surface area contributed by atoms with Gasteiger partial charge in [0.25, 0.3) is 0 Å². The van der Waals surface area contributed by atoms with Crippen molar-refractivity contribution in [1.82, 2.24) is 15.4 Å². The van der Waals surface area contributed by atoms with Crippen molar-refractivity contribution in [3.8, 4) is 0 Å². The number of guanidine groups is 1. The van der Waals surface area contributed by atoms with E-state index in [0.717, 1.165) is 6.54 Å². The lowest BCUT2D eigenvalue weighted by atomic mass is 10.1. The summed E-state index contributed by atoms with van der Waals surface area (Å²) in [6.07, 6.45) is 0. The first-order chi connectivity index (χ1) is 9.74. The normalized spacial score (nSPS) is 13.2. The number of hydrogen-bond acceptors (Lipinski definition) is 4. The van der Waals surface area contributed by atoms with E-state index in [1.807, 2.05) is 27.7 Å². The van der Waals surface area contributed by atoms with Gasteiger partial charge in [0.05, 0.1) is 6.54 Å². The maximum absolute atomic E-state index is 11.9. The monoisotopic (exact) mass is 332 g/mol. The second-order valence-electron chi connectivity index (χ2n) is 5.47. The summed E-state index contributed by atoms with van der Waals surface area (Å²) in [7, 11) is -3.40. The van der Waals surface area contributed by atoms with Crippen molar-refractivity contribution in [2.45, 2.75) is 37.4 Å². The molecule has 0 atom stereocenters. The fourth-order valence-electron chi connectivity index (χ4n) is 1.50. The zero-order valence-electron chi connectivity index (χ0n) is 12.9. The molecule has 0 saturated carbocycles. The Hall–Kier alpha value is -1.12. The molecule has 0 spiro atoms. The maximum Gasteiger partial charge on any atom is 0.250 e. The third-order valence-corrected chi connectivity index (χ3v) is 5.13. The second kappa shape index (κ2) is 7.77. The molecule has 0 aliphatic heterocycles. The number of rotatable bonds is 6. The van der Waals surface area contributed by atoms with E-state index in [4.69, 9.17) is 0 Å². The van der Waals surface area contributed by atoms with E-state index in [2.05, 4.69) is 20.3 Å². The Kier molecular flexibility index (Phi) is 6.63. The zero-order chi connectivity index (χ0) is 15.9. The van der Waals surface area contributed by atoms with Crippen molar-refractivity contribution < 1.29 is 8.42 Å². The summed E-state index contributed by atoms with van der Waals surface area (Å²) in [6, 6.07) is 3.30. The number of hydrogen-bond donors (Lipinski definition) is 3. The van der Waals surface area contributed by atoms with Gasteiger partial charge >= 0.3 is 0 Å². The molecule has 0 radical (unpaired) electrons. The van der Waals surface area contributed by atoms with Gasteiger partial charge in [-0.05, 0) is 39.1 Å². The van der Waals surface area contributed by atoms with Crippen LogP contribution in [0.1, 0.15) is 27.7 Å². The molecule has 0 fully saturated rings. The standard InChI is InChI=1S/C13H24N4O2S2/c1-5-14-12(17-13(2,3)4)15-8-9-16-21(18,19)11-7-6-10-20-11/h6-7,10,16H,5,8-9H2,1-4H3,(H2,14,15,17). The van der Waals surface area contributed by atoms with Gasteiger partial charge < -0.3 is 10.6 Å². The van der Waals surface area contributed by atoms with Crippen LogP contribution in [-0.2, 0) is 10.0 Å². The average Bonchev–Trinajstić information content (AvgIpc) is 2.87. The van der Waals surface area contributed by atoms with E-state index in [-0.39, 0.29) is 12.1 Å². The van der Waals surface area contributed by atoms with Crippen LogP contribution in [0.3, 0.4) is 0 Å². The Labute approximate surface area is 131 Å². The lowest BCUT2D eigenvalue weighted by Crippen LogP contribution is -2.47. The number of aliphatic imine (C=N–C) groups is 1. The highest BCUT2D eigenvalue weighted by molar-refractivity contribution is 7.91. The Morgan fingerprint density at radius 3 is 2.62 bits per heavy atom. The molecule has 21 heavy (non-hydrogen) atoms. The predicted octanol–water partition coefficient (Wildman–Crippen LogP) is 1.38. The highest BCUT2D eigenvalue weighted by atomic mass is 32.2. The van der Waals surface area contributed by atoms with Crippen LogP contribution in [0.15, 0.2) is 26.7 Å². The second-order valence-corrected chi connectivity index (χ2v) is 8.41. The molecule has 3 N–H and O–H groups in total.